The first-order valence-electron chi connectivity index (χ1n) is 4.73. The van der Waals surface area contributed by atoms with E-state index in [1.807, 2.05) is 28.9 Å². The molecule has 0 aliphatic carbocycles. The SMILES string of the molecule is CC(C)(O)C#Cc1ccc2nccn2c1. The number of hydrogen-bond acceptors (Lipinski definition) is 2. The van der Waals surface area contributed by atoms with Crippen molar-refractivity contribution in [2.75, 3.05) is 0 Å². The first-order chi connectivity index (χ1) is 7.04. The zero-order valence-corrected chi connectivity index (χ0v) is 8.73. The minimum Gasteiger partial charge on any atom is -0.378 e. The van der Waals surface area contributed by atoms with Crippen molar-refractivity contribution in [3.8, 4) is 11.8 Å². The lowest BCUT2D eigenvalue weighted by atomic mass is 10.1. The fourth-order valence-electron chi connectivity index (χ4n) is 1.22. The molecule has 0 aliphatic heterocycles. The second kappa shape index (κ2) is 3.41. The monoisotopic (exact) mass is 200 g/mol. The Bertz CT molecular complexity index is 538. The average molecular weight is 200 g/mol. The van der Waals surface area contributed by atoms with Crippen LogP contribution in [0.3, 0.4) is 0 Å². The molecule has 76 valence electrons. The minimum atomic E-state index is -0.954. The van der Waals surface area contributed by atoms with Gasteiger partial charge in [0.05, 0.1) is 0 Å². The first-order valence-corrected chi connectivity index (χ1v) is 4.73. The van der Waals surface area contributed by atoms with Gasteiger partial charge in [-0.15, -0.1) is 0 Å². The second-order valence-corrected chi connectivity index (χ2v) is 3.92. The Morgan fingerprint density at radius 1 is 1.40 bits per heavy atom. The van der Waals surface area contributed by atoms with Crippen molar-refractivity contribution >= 4 is 5.65 Å². The maximum atomic E-state index is 9.46. The molecule has 0 amide bonds. The molecule has 2 rings (SSSR count). The number of rotatable bonds is 0. The van der Waals surface area contributed by atoms with Gasteiger partial charge in [0.15, 0.2) is 0 Å². The van der Waals surface area contributed by atoms with Crippen molar-refractivity contribution in [2.24, 2.45) is 0 Å². The molecule has 0 unspecified atom stereocenters. The molecular weight excluding hydrogens is 188 g/mol. The maximum Gasteiger partial charge on any atom is 0.136 e. The molecule has 2 heterocycles. The highest BCUT2D eigenvalue weighted by Crippen LogP contribution is 2.04. The third-order valence-corrected chi connectivity index (χ3v) is 1.90. The molecule has 0 bridgehead atoms. The highest BCUT2D eigenvalue weighted by atomic mass is 16.3. The summed E-state index contributed by atoms with van der Waals surface area (Å²) >= 11 is 0. The number of imidazole rings is 1. The molecule has 0 spiro atoms. The van der Waals surface area contributed by atoms with Gasteiger partial charge in [-0.3, -0.25) is 0 Å². The molecule has 1 N–H and O–H groups in total. The van der Waals surface area contributed by atoms with Crippen LogP contribution in [-0.4, -0.2) is 20.1 Å². The van der Waals surface area contributed by atoms with Gasteiger partial charge in [-0.1, -0.05) is 11.8 Å². The van der Waals surface area contributed by atoms with E-state index >= 15 is 0 Å². The van der Waals surface area contributed by atoms with E-state index in [2.05, 4.69) is 16.8 Å². The van der Waals surface area contributed by atoms with Gasteiger partial charge >= 0.3 is 0 Å². The van der Waals surface area contributed by atoms with Crippen molar-refractivity contribution in [3.05, 3.63) is 36.3 Å². The topological polar surface area (TPSA) is 37.5 Å². The minimum absolute atomic E-state index is 0.864. The Morgan fingerprint density at radius 2 is 2.20 bits per heavy atom. The Hall–Kier alpha value is -1.79. The molecule has 0 fully saturated rings. The Balaban J connectivity index is 2.39. The van der Waals surface area contributed by atoms with Crippen LogP contribution in [0.15, 0.2) is 30.7 Å². The summed E-state index contributed by atoms with van der Waals surface area (Å²) in [5.74, 6) is 5.68. The van der Waals surface area contributed by atoms with Crippen LogP contribution in [0.2, 0.25) is 0 Å². The summed E-state index contributed by atoms with van der Waals surface area (Å²) in [6.07, 6.45) is 5.49. The quantitative estimate of drug-likeness (QED) is 0.654. The molecule has 0 atom stereocenters. The molecule has 3 nitrogen and oxygen atoms in total. The number of nitrogens with zero attached hydrogens (tertiary/aromatic N) is 2. The Kier molecular flexibility index (Phi) is 2.22. The van der Waals surface area contributed by atoms with Gasteiger partial charge in [-0.2, -0.15) is 0 Å². The van der Waals surface area contributed by atoms with Crippen LogP contribution in [0.4, 0.5) is 0 Å². The number of aliphatic hydroxyl groups is 1. The fourth-order valence-corrected chi connectivity index (χ4v) is 1.22. The number of pyridine rings is 1. The standard InChI is InChI=1S/C12H12N2O/c1-12(2,15)6-5-10-3-4-11-13-7-8-14(11)9-10/h3-4,7-9,15H,1-2H3. The number of aromatic nitrogens is 2. The largest absolute Gasteiger partial charge is 0.378 e. The van der Waals surface area contributed by atoms with Crippen LogP contribution in [0.25, 0.3) is 5.65 Å². The molecule has 2 aromatic heterocycles. The number of hydrogen-bond donors (Lipinski definition) is 1. The van der Waals surface area contributed by atoms with Gasteiger partial charge in [0.1, 0.15) is 11.2 Å². The van der Waals surface area contributed by atoms with E-state index in [4.69, 9.17) is 0 Å². The van der Waals surface area contributed by atoms with Gasteiger partial charge in [-0.05, 0) is 26.0 Å². The first kappa shape index (κ1) is 9.75. The molecule has 0 aromatic carbocycles. The van der Waals surface area contributed by atoms with Crippen LogP contribution in [-0.2, 0) is 0 Å². The summed E-state index contributed by atoms with van der Waals surface area (Å²) in [7, 11) is 0. The van der Waals surface area contributed by atoms with Gasteiger partial charge in [0.2, 0.25) is 0 Å². The lowest BCUT2D eigenvalue weighted by Gasteiger charge is -2.05. The normalized spacial score (nSPS) is 11.1. The molecule has 0 aliphatic rings. The van der Waals surface area contributed by atoms with Crippen LogP contribution < -0.4 is 0 Å². The molecule has 3 heteroatoms. The summed E-state index contributed by atoms with van der Waals surface area (Å²) in [5, 5.41) is 9.46. The van der Waals surface area contributed by atoms with Gasteiger partial charge in [-0.25, -0.2) is 4.98 Å². The van der Waals surface area contributed by atoms with Crippen molar-refractivity contribution in [2.45, 2.75) is 19.4 Å². The summed E-state index contributed by atoms with van der Waals surface area (Å²) in [5.41, 5.74) is 0.801. The van der Waals surface area contributed by atoms with Crippen molar-refractivity contribution < 1.29 is 5.11 Å². The van der Waals surface area contributed by atoms with E-state index in [0.29, 0.717) is 0 Å². The molecule has 0 saturated heterocycles. The highest BCUT2D eigenvalue weighted by molar-refractivity contribution is 5.44. The predicted octanol–water partition coefficient (Wildman–Crippen LogP) is 1.46. The third kappa shape index (κ3) is 2.36. The lowest BCUT2D eigenvalue weighted by Crippen LogP contribution is -2.14. The van der Waals surface area contributed by atoms with Crippen LogP contribution in [0.1, 0.15) is 19.4 Å². The van der Waals surface area contributed by atoms with Crippen molar-refractivity contribution in [1.29, 1.82) is 0 Å². The Morgan fingerprint density at radius 3 is 2.93 bits per heavy atom. The number of fused-ring (bicyclic) bond motifs is 1. The van der Waals surface area contributed by atoms with E-state index in [1.54, 1.807) is 20.0 Å². The fraction of sp³-hybridized carbons (Fsp3) is 0.250. The average Bonchev–Trinajstić information content (AvgIpc) is 2.60. The van der Waals surface area contributed by atoms with E-state index < -0.39 is 5.60 Å². The summed E-state index contributed by atoms with van der Waals surface area (Å²) in [6.45, 7) is 3.32. The van der Waals surface area contributed by atoms with Gasteiger partial charge in [0.25, 0.3) is 0 Å². The van der Waals surface area contributed by atoms with E-state index in [9.17, 15) is 5.11 Å². The molecule has 2 aromatic rings. The Labute approximate surface area is 88.4 Å². The maximum absolute atomic E-state index is 9.46. The highest BCUT2D eigenvalue weighted by Gasteiger charge is 2.05. The third-order valence-electron chi connectivity index (χ3n) is 1.90. The molecule has 0 saturated carbocycles. The molecule has 15 heavy (non-hydrogen) atoms. The summed E-state index contributed by atoms with van der Waals surface area (Å²) in [6, 6.07) is 3.79. The second-order valence-electron chi connectivity index (χ2n) is 3.92. The summed E-state index contributed by atoms with van der Waals surface area (Å²) < 4.78 is 1.90. The zero-order chi connectivity index (χ0) is 10.9. The smallest absolute Gasteiger partial charge is 0.136 e. The van der Waals surface area contributed by atoms with E-state index in [0.717, 1.165) is 11.2 Å². The van der Waals surface area contributed by atoms with Gasteiger partial charge in [0, 0.05) is 24.2 Å². The zero-order valence-electron chi connectivity index (χ0n) is 8.73. The van der Waals surface area contributed by atoms with Crippen LogP contribution >= 0.6 is 0 Å². The van der Waals surface area contributed by atoms with Crippen molar-refractivity contribution in [3.63, 3.8) is 0 Å². The van der Waals surface area contributed by atoms with Crippen molar-refractivity contribution in [1.82, 2.24) is 9.38 Å². The lowest BCUT2D eigenvalue weighted by molar-refractivity contribution is 0.143. The van der Waals surface area contributed by atoms with E-state index in [-0.39, 0.29) is 0 Å². The summed E-state index contributed by atoms with van der Waals surface area (Å²) in [4.78, 5) is 4.13. The molecule has 0 radical (unpaired) electrons. The predicted molar refractivity (Wildman–Crippen MR) is 58.4 cm³/mol. The van der Waals surface area contributed by atoms with Gasteiger partial charge < -0.3 is 9.51 Å². The van der Waals surface area contributed by atoms with Crippen LogP contribution in [0, 0.1) is 11.8 Å². The van der Waals surface area contributed by atoms with E-state index in [1.165, 1.54) is 0 Å². The molecular formula is C12H12N2O. The van der Waals surface area contributed by atoms with Crippen LogP contribution in [0.5, 0.6) is 0 Å².